The van der Waals surface area contributed by atoms with Crippen molar-refractivity contribution in [3.8, 4) is 11.1 Å². The van der Waals surface area contributed by atoms with E-state index in [2.05, 4.69) is 30.3 Å². The van der Waals surface area contributed by atoms with Crippen LogP contribution in [0.5, 0.6) is 0 Å². The van der Waals surface area contributed by atoms with Gasteiger partial charge < -0.3 is 4.42 Å². The van der Waals surface area contributed by atoms with E-state index in [0.717, 1.165) is 32.7 Å². The SMILES string of the molecule is [2H]c1c([2H])c([2H])c2c(c1[2H])c([2H])c([2H])c1oc3ccc(-c4c5ccccc5cc5ccccc45)cc3c12. The van der Waals surface area contributed by atoms with Crippen LogP contribution in [0.1, 0.15) is 8.22 Å². The predicted molar refractivity (Wildman–Crippen MR) is 132 cm³/mol. The van der Waals surface area contributed by atoms with E-state index in [0.29, 0.717) is 16.4 Å². The molecule has 7 rings (SSSR count). The maximum Gasteiger partial charge on any atom is 0.136 e. The molecule has 0 radical (unpaired) electrons. The summed E-state index contributed by atoms with van der Waals surface area (Å²) in [5, 5.41) is 5.73. The van der Waals surface area contributed by atoms with Crippen LogP contribution in [0.15, 0.2) is 113 Å². The molecule has 0 aliphatic heterocycles. The lowest BCUT2D eigenvalue weighted by molar-refractivity contribution is 0.669. The molecule has 0 saturated heterocycles. The smallest absolute Gasteiger partial charge is 0.136 e. The highest BCUT2D eigenvalue weighted by molar-refractivity contribution is 6.20. The standard InChI is InChI=1S/C30H18O/c1-4-10-23-19(7-1)13-16-28-30(23)26-18-22(14-15-27(26)31-28)29-24-11-5-2-8-20(24)17-21-9-3-6-12-25(21)29/h1-18H/i1D,4D,7D,10D,13D,16D. The highest BCUT2D eigenvalue weighted by atomic mass is 16.3. The lowest BCUT2D eigenvalue weighted by Gasteiger charge is -2.12. The molecule has 0 N–H and O–H groups in total. The minimum atomic E-state index is -0.416. The van der Waals surface area contributed by atoms with Gasteiger partial charge in [-0.1, -0.05) is 84.8 Å². The minimum Gasteiger partial charge on any atom is -0.456 e. The Labute approximate surface area is 187 Å². The average Bonchev–Trinajstić information content (AvgIpc) is 3.30. The van der Waals surface area contributed by atoms with Crippen molar-refractivity contribution in [2.24, 2.45) is 0 Å². The van der Waals surface area contributed by atoms with Crippen LogP contribution in [0.2, 0.25) is 0 Å². The molecule has 0 amide bonds. The van der Waals surface area contributed by atoms with Crippen molar-refractivity contribution in [1.82, 2.24) is 0 Å². The van der Waals surface area contributed by atoms with Crippen LogP contribution in [-0.2, 0) is 0 Å². The first-order valence-corrected chi connectivity index (χ1v) is 10.1. The van der Waals surface area contributed by atoms with E-state index in [1.165, 1.54) is 0 Å². The number of hydrogen-bond donors (Lipinski definition) is 0. The maximum atomic E-state index is 8.65. The van der Waals surface area contributed by atoms with Crippen LogP contribution in [0.3, 0.4) is 0 Å². The van der Waals surface area contributed by atoms with Gasteiger partial charge in [-0.15, -0.1) is 0 Å². The van der Waals surface area contributed by atoms with Gasteiger partial charge in [-0.3, -0.25) is 0 Å². The number of furan rings is 1. The zero-order valence-electron chi connectivity index (χ0n) is 22.3. The van der Waals surface area contributed by atoms with E-state index in [1.807, 2.05) is 42.5 Å². The van der Waals surface area contributed by atoms with Crippen molar-refractivity contribution >= 4 is 54.3 Å². The van der Waals surface area contributed by atoms with Crippen LogP contribution in [0.25, 0.3) is 65.4 Å². The Morgan fingerprint density at radius 2 is 1.29 bits per heavy atom. The van der Waals surface area contributed by atoms with Crippen LogP contribution < -0.4 is 0 Å². The second kappa shape index (κ2) is 6.20. The fraction of sp³-hybridized carbons (Fsp3) is 0. The summed E-state index contributed by atoms with van der Waals surface area (Å²) in [4.78, 5) is 0. The lowest BCUT2D eigenvalue weighted by atomic mass is 9.91. The molecular weight excluding hydrogens is 376 g/mol. The van der Waals surface area contributed by atoms with Gasteiger partial charge in [0.25, 0.3) is 0 Å². The lowest BCUT2D eigenvalue weighted by Crippen LogP contribution is -1.85. The first-order chi connectivity index (χ1) is 17.9. The Morgan fingerprint density at radius 1 is 0.548 bits per heavy atom. The quantitative estimate of drug-likeness (QED) is 0.251. The van der Waals surface area contributed by atoms with E-state index in [-0.39, 0.29) is 46.6 Å². The van der Waals surface area contributed by atoms with E-state index < -0.39 is 6.04 Å². The van der Waals surface area contributed by atoms with Gasteiger partial charge in [0.2, 0.25) is 0 Å². The van der Waals surface area contributed by atoms with Gasteiger partial charge in [0.1, 0.15) is 11.2 Å². The summed E-state index contributed by atoms with van der Waals surface area (Å²) in [6.45, 7) is 0. The molecule has 1 heterocycles. The molecule has 0 atom stereocenters. The van der Waals surface area contributed by atoms with Crippen molar-refractivity contribution in [1.29, 1.82) is 0 Å². The Kier molecular flexibility index (Phi) is 2.38. The molecule has 1 nitrogen and oxygen atoms in total. The number of hydrogen-bond acceptors (Lipinski definition) is 1. The number of benzene rings is 6. The fourth-order valence-electron chi connectivity index (χ4n) is 4.63. The largest absolute Gasteiger partial charge is 0.456 e. The summed E-state index contributed by atoms with van der Waals surface area (Å²) in [5.74, 6) is 0. The molecule has 0 spiro atoms. The normalized spacial score (nSPS) is 14.6. The third-order valence-electron chi connectivity index (χ3n) is 5.99. The van der Waals surface area contributed by atoms with E-state index >= 15 is 0 Å². The van der Waals surface area contributed by atoms with Gasteiger partial charge in [0, 0.05) is 10.8 Å². The van der Waals surface area contributed by atoms with Gasteiger partial charge in [0.15, 0.2) is 0 Å². The topological polar surface area (TPSA) is 13.1 Å². The van der Waals surface area contributed by atoms with Crippen molar-refractivity contribution in [2.75, 3.05) is 0 Å². The molecule has 0 aliphatic carbocycles. The van der Waals surface area contributed by atoms with Gasteiger partial charge in [-0.2, -0.15) is 0 Å². The Balaban J connectivity index is 1.68. The average molecular weight is 401 g/mol. The molecule has 144 valence electrons. The summed E-state index contributed by atoms with van der Waals surface area (Å²) in [7, 11) is 0. The molecule has 0 fully saturated rings. The second-order valence-corrected chi connectivity index (χ2v) is 7.71. The predicted octanol–water partition coefficient (Wildman–Crippen LogP) is 8.71. The Bertz CT molecular complexity index is 2050. The van der Waals surface area contributed by atoms with Crippen molar-refractivity contribution < 1.29 is 12.6 Å². The molecular formula is C30H18O. The van der Waals surface area contributed by atoms with Gasteiger partial charge in [0.05, 0.1) is 8.22 Å². The molecule has 0 saturated carbocycles. The summed E-state index contributed by atoms with van der Waals surface area (Å²) in [6.07, 6.45) is 0. The third kappa shape index (κ3) is 2.38. The Hall–Kier alpha value is -4.10. The number of rotatable bonds is 1. The van der Waals surface area contributed by atoms with Crippen LogP contribution in [-0.4, -0.2) is 0 Å². The molecule has 1 heteroatoms. The molecule has 0 unspecified atom stereocenters. The van der Waals surface area contributed by atoms with Crippen LogP contribution >= 0.6 is 0 Å². The van der Waals surface area contributed by atoms with Crippen LogP contribution in [0.4, 0.5) is 0 Å². The highest BCUT2D eigenvalue weighted by Gasteiger charge is 2.14. The van der Waals surface area contributed by atoms with E-state index in [4.69, 9.17) is 12.6 Å². The zero-order valence-corrected chi connectivity index (χ0v) is 16.3. The second-order valence-electron chi connectivity index (χ2n) is 7.71. The highest BCUT2D eigenvalue weighted by Crippen LogP contribution is 2.40. The van der Waals surface area contributed by atoms with Crippen molar-refractivity contribution in [3.05, 3.63) is 109 Å². The van der Waals surface area contributed by atoms with E-state index in [1.54, 1.807) is 0 Å². The first-order valence-electron chi connectivity index (χ1n) is 13.1. The molecule has 7 aromatic rings. The van der Waals surface area contributed by atoms with Gasteiger partial charge in [-0.05, 0) is 67.7 Å². The monoisotopic (exact) mass is 400 g/mol. The van der Waals surface area contributed by atoms with Crippen LogP contribution in [0, 0.1) is 0 Å². The fourth-order valence-corrected chi connectivity index (χ4v) is 4.63. The maximum absolute atomic E-state index is 8.65. The summed E-state index contributed by atoms with van der Waals surface area (Å²) in [6, 6.07) is 22.6. The first kappa shape index (κ1) is 11.9. The van der Waals surface area contributed by atoms with Gasteiger partial charge >= 0.3 is 0 Å². The zero-order chi connectivity index (χ0) is 25.6. The van der Waals surface area contributed by atoms with Crippen molar-refractivity contribution in [3.63, 3.8) is 0 Å². The Morgan fingerprint density at radius 3 is 2.10 bits per heavy atom. The molecule has 31 heavy (non-hydrogen) atoms. The number of fused-ring (bicyclic) bond motifs is 7. The summed E-state index contributed by atoms with van der Waals surface area (Å²) < 4.78 is 56.6. The van der Waals surface area contributed by atoms with E-state index in [9.17, 15) is 0 Å². The third-order valence-corrected chi connectivity index (χ3v) is 5.99. The van der Waals surface area contributed by atoms with Gasteiger partial charge in [-0.25, -0.2) is 0 Å². The molecule has 0 bridgehead atoms. The summed E-state index contributed by atoms with van der Waals surface area (Å²) in [5.41, 5.74) is 2.63. The van der Waals surface area contributed by atoms with Crippen molar-refractivity contribution in [2.45, 2.75) is 0 Å². The minimum absolute atomic E-state index is 0.0345. The molecule has 1 aromatic heterocycles. The summed E-state index contributed by atoms with van der Waals surface area (Å²) >= 11 is 0. The molecule has 6 aromatic carbocycles. The molecule has 0 aliphatic rings.